The predicted octanol–water partition coefficient (Wildman–Crippen LogP) is 3.75. The van der Waals surface area contributed by atoms with E-state index in [-0.39, 0.29) is 5.91 Å². The van der Waals surface area contributed by atoms with Gasteiger partial charge in [-0.05, 0) is 48.7 Å². The first-order chi connectivity index (χ1) is 12.8. The topological polar surface area (TPSA) is 55.3 Å². The molecule has 5 heteroatoms. The highest BCUT2D eigenvalue weighted by Crippen LogP contribution is 2.28. The predicted molar refractivity (Wildman–Crippen MR) is 100 cm³/mol. The van der Waals surface area contributed by atoms with Crippen molar-refractivity contribution in [2.45, 2.75) is 12.8 Å². The lowest BCUT2D eigenvalue weighted by Crippen LogP contribution is -2.35. The first kappa shape index (κ1) is 16.3. The summed E-state index contributed by atoms with van der Waals surface area (Å²) in [6.07, 6.45) is 6.99. The Labute approximate surface area is 152 Å². The molecule has 0 spiro atoms. The Morgan fingerprint density at radius 3 is 2.77 bits per heavy atom. The lowest BCUT2D eigenvalue weighted by atomic mass is 10.0. The van der Waals surface area contributed by atoms with Crippen LogP contribution in [-0.4, -0.2) is 29.5 Å². The Bertz CT molecular complexity index is 938. The van der Waals surface area contributed by atoms with Crippen molar-refractivity contribution in [1.29, 1.82) is 0 Å². The van der Waals surface area contributed by atoms with Crippen LogP contribution in [0.25, 0.3) is 11.1 Å². The zero-order valence-corrected chi connectivity index (χ0v) is 14.6. The Kier molecular flexibility index (Phi) is 4.35. The van der Waals surface area contributed by atoms with Gasteiger partial charge in [-0.15, -0.1) is 0 Å². The highest BCUT2D eigenvalue weighted by atomic mass is 16.5. The number of carbonyl (C=O) groups is 1. The standard InChI is InChI=1S/C21H19N3O2/c1-26-18-8-6-15(7-9-18)16-12-17(14-22-13-16)21(25)24-11-3-4-19-20(24)5-2-10-23-19/h2,5-10,12-14H,3-4,11H2,1H3. The summed E-state index contributed by atoms with van der Waals surface area (Å²) in [6.45, 7) is 0.699. The van der Waals surface area contributed by atoms with Crippen LogP contribution in [0.3, 0.4) is 0 Å². The molecule has 0 aliphatic carbocycles. The number of rotatable bonds is 3. The van der Waals surface area contributed by atoms with E-state index in [9.17, 15) is 4.79 Å². The summed E-state index contributed by atoms with van der Waals surface area (Å²) < 4.78 is 5.20. The van der Waals surface area contributed by atoms with Crippen molar-refractivity contribution < 1.29 is 9.53 Å². The lowest BCUT2D eigenvalue weighted by molar-refractivity contribution is 0.0984. The number of methoxy groups -OCH3 is 1. The van der Waals surface area contributed by atoms with Crippen molar-refractivity contribution in [2.24, 2.45) is 0 Å². The molecule has 0 radical (unpaired) electrons. The van der Waals surface area contributed by atoms with E-state index in [1.54, 1.807) is 30.6 Å². The van der Waals surface area contributed by atoms with Crippen molar-refractivity contribution in [3.8, 4) is 16.9 Å². The van der Waals surface area contributed by atoms with Crippen molar-refractivity contribution in [3.63, 3.8) is 0 Å². The van der Waals surface area contributed by atoms with Crippen molar-refractivity contribution in [2.75, 3.05) is 18.6 Å². The monoisotopic (exact) mass is 345 g/mol. The van der Waals surface area contributed by atoms with Gasteiger partial charge in [-0.25, -0.2) is 0 Å². The maximum absolute atomic E-state index is 13.1. The van der Waals surface area contributed by atoms with Crippen LogP contribution in [0.4, 0.5) is 5.69 Å². The fraction of sp³-hybridized carbons (Fsp3) is 0.190. The number of aromatic nitrogens is 2. The minimum absolute atomic E-state index is 0.0400. The first-order valence-corrected chi connectivity index (χ1v) is 8.61. The van der Waals surface area contributed by atoms with E-state index in [4.69, 9.17) is 4.74 Å². The Morgan fingerprint density at radius 2 is 1.96 bits per heavy atom. The van der Waals surface area contributed by atoms with Crippen LogP contribution >= 0.6 is 0 Å². The molecule has 1 aromatic carbocycles. The Hall–Kier alpha value is -3.21. The molecule has 0 atom stereocenters. The molecule has 4 rings (SSSR count). The highest BCUT2D eigenvalue weighted by Gasteiger charge is 2.24. The maximum atomic E-state index is 13.1. The Balaban J connectivity index is 1.65. The largest absolute Gasteiger partial charge is 0.497 e. The lowest BCUT2D eigenvalue weighted by Gasteiger charge is -2.28. The normalized spacial score (nSPS) is 13.2. The second-order valence-corrected chi connectivity index (χ2v) is 6.22. The molecule has 0 unspecified atom stereocenters. The smallest absolute Gasteiger partial charge is 0.259 e. The number of hydrogen-bond acceptors (Lipinski definition) is 4. The second kappa shape index (κ2) is 6.96. The molecular formula is C21H19N3O2. The third-order valence-electron chi connectivity index (χ3n) is 4.61. The Morgan fingerprint density at radius 1 is 1.12 bits per heavy atom. The van der Waals surface area contributed by atoms with Crippen LogP contribution < -0.4 is 9.64 Å². The van der Waals surface area contributed by atoms with Gasteiger partial charge < -0.3 is 9.64 Å². The quantitative estimate of drug-likeness (QED) is 0.725. The van der Waals surface area contributed by atoms with E-state index in [0.717, 1.165) is 41.1 Å². The fourth-order valence-electron chi connectivity index (χ4n) is 3.26. The van der Waals surface area contributed by atoms with Gasteiger partial charge in [-0.2, -0.15) is 0 Å². The first-order valence-electron chi connectivity index (χ1n) is 8.61. The van der Waals surface area contributed by atoms with Gasteiger partial charge >= 0.3 is 0 Å². The number of benzene rings is 1. The molecule has 0 fully saturated rings. The van der Waals surface area contributed by atoms with Gasteiger partial charge in [0.05, 0.1) is 24.1 Å². The van der Waals surface area contributed by atoms with Gasteiger partial charge in [-0.1, -0.05) is 12.1 Å². The van der Waals surface area contributed by atoms with E-state index in [1.165, 1.54) is 0 Å². The maximum Gasteiger partial charge on any atom is 0.259 e. The molecule has 2 aromatic heterocycles. The zero-order valence-electron chi connectivity index (χ0n) is 14.6. The van der Waals surface area contributed by atoms with Crippen LogP contribution in [0.1, 0.15) is 22.5 Å². The zero-order chi connectivity index (χ0) is 17.9. The van der Waals surface area contributed by atoms with E-state index in [0.29, 0.717) is 12.1 Å². The van der Waals surface area contributed by atoms with Crippen molar-refractivity contribution in [3.05, 3.63) is 72.3 Å². The molecular weight excluding hydrogens is 326 g/mol. The summed E-state index contributed by atoms with van der Waals surface area (Å²) >= 11 is 0. The molecule has 1 aliphatic heterocycles. The summed E-state index contributed by atoms with van der Waals surface area (Å²) in [5, 5.41) is 0. The number of nitrogens with zero attached hydrogens (tertiary/aromatic N) is 3. The molecule has 5 nitrogen and oxygen atoms in total. The van der Waals surface area contributed by atoms with E-state index < -0.39 is 0 Å². The number of carbonyl (C=O) groups excluding carboxylic acids is 1. The summed E-state index contributed by atoms with van der Waals surface area (Å²) in [7, 11) is 1.64. The number of hydrogen-bond donors (Lipinski definition) is 0. The van der Waals surface area contributed by atoms with Crippen LogP contribution in [0, 0.1) is 0 Å². The minimum atomic E-state index is -0.0400. The molecule has 0 saturated heterocycles. The number of ether oxygens (including phenoxy) is 1. The summed E-state index contributed by atoms with van der Waals surface area (Å²) in [5.41, 5.74) is 4.36. The third-order valence-corrected chi connectivity index (χ3v) is 4.61. The van der Waals surface area contributed by atoms with Gasteiger partial charge in [0.1, 0.15) is 5.75 Å². The molecule has 0 N–H and O–H groups in total. The summed E-state index contributed by atoms with van der Waals surface area (Å²) in [4.78, 5) is 23.6. The van der Waals surface area contributed by atoms with Gasteiger partial charge in [-0.3, -0.25) is 14.8 Å². The highest BCUT2D eigenvalue weighted by molar-refractivity contribution is 6.07. The number of fused-ring (bicyclic) bond motifs is 1. The summed E-state index contributed by atoms with van der Waals surface area (Å²) in [6, 6.07) is 13.4. The number of amides is 1. The molecule has 130 valence electrons. The molecule has 1 amide bonds. The van der Waals surface area contributed by atoms with Crippen molar-refractivity contribution >= 4 is 11.6 Å². The summed E-state index contributed by atoms with van der Waals surface area (Å²) in [5.74, 6) is 0.758. The number of anilines is 1. The molecule has 3 aromatic rings. The fourth-order valence-corrected chi connectivity index (χ4v) is 3.26. The van der Waals surface area contributed by atoms with Gasteiger partial charge in [0.15, 0.2) is 0 Å². The SMILES string of the molecule is COc1ccc(-c2cncc(C(=O)N3CCCc4ncccc43)c2)cc1. The van der Waals surface area contributed by atoms with Gasteiger partial charge in [0.2, 0.25) is 0 Å². The molecule has 0 saturated carbocycles. The van der Waals surface area contributed by atoms with Crippen LogP contribution in [0.15, 0.2) is 61.1 Å². The van der Waals surface area contributed by atoms with Crippen molar-refractivity contribution in [1.82, 2.24) is 9.97 Å². The number of pyridine rings is 2. The molecule has 1 aliphatic rings. The van der Waals surface area contributed by atoms with Crippen LogP contribution in [0.5, 0.6) is 5.75 Å². The average Bonchev–Trinajstić information content (AvgIpc) is 2.73. The van der Waals surface area contributed by atoms with E-state index >= 15 is 0 Å². The minimum Gasteiger partial charge on any atom is -0.497 e. The van der Waals surface area contributed by atoms with E-state index in [1.807, 2.05) is 42.5 Å². The molecule has 26 heavy (non-hydrogen) atoms. The second-order valence-electron chi connectivity index (χ2n) is 6.22. The average molecular weight is 345 g/mol. The number of aryl methyl sites for hydroxylation is 1. The van der Waals surface area contributed by atoms with Crippen LogP contribution in [-0.2, 0) is 6.42 Å². The molecule has 0 bridgehead atoms. The van der Waals surface area contributed by atoms with E-state index in [2.05, 4.69) is 9.97 Å². The molecule has 3 heterocycles. The van der Waals surface area contributed by atoms with Gasteiger partial charge in [0.25, 0.3) is 5.91 Å². The third kappa shape index (κ3) is 3.04. The van der Waals surface area contributed by atoms with Gasteiger partial charge in [0, 0.05) is 30.7 Å². The van der Waals surface area contributed by atoms with Crippen LogP contribution in [0.2, 0.25) is 0 Å².